The minimum atomic E-state index is -0.277. The molecule has 14 heavy (non-hydrogen) atoms. The lowest BCUT2D eigenvalue weighted by molar-refractivity contribution is 0.459. The molecule has 0 aromatic heterocycles. The normalized spacial score (nSPS) is 10.5. The molecule has 0 aliphatic heterocycles. The molecule has 0 atom stereocenters. The van der Waals surface area contributed by atoms with Crippen molar-refractivity contribution in [3.05, 3.63) is 33.3 Å². The Bertz CT molecular complexity index is 293. The number of hydrogen-bond donors (Lipinski definition) is 1. The van der Waals surface area contributed by atoms with E-state index >= 15 is 0 Å². The SMILES string of the molecule is FCCCNCc1ccc(Br)cc1Cl. The van der Waals surface area contributed by atoms with Gasteiger partial charge >= 0.3 is 0 Å². The highest BCUT2D eigenvalue weighted by molar-refractivity contribution is 9.10. The van der Waals surface area contributed by atoms with Crippen LogP contribution in [0.1, 0.15) is 12.0 Å². The van der Waals surface area contributed by atoms with E-state index in [0.717, 1.165) is 15.1 Å². The average Bonchev–Trinajstić information content (AvgIpc) is 2.15. The maximum Gasteiger partial charge on any atom is 0.0906 e. The first-order valence-electron chi connectivity index (χ1n) is 4.44. The van der Waals surface area contributed by atoms with Crippen LogP contribution >= 0.6 is 27.5 Å². The van der Waals surface area contributed by atoms with Gasteiger partial charge in [0, 0.05) is 16.0 Å². The van der Waals surface area contributed by atoms with E-state index in [1.165, 1.54) is 0 Å². The van der Waals surface area contributed by atoms with Crippen molar-refractivity contribution >= 4 is 27.5 Å². The third kappa shape index (κ3) is 3.95. The molecule has 0 radical (unpaired) electrons. The first kappa shape index (κ1) is 12.0. The third-order valence-electron chi connectivity index (χ3n) is 1.82. The number of benzene rings is 1. The molecule has 0 heterocycles. The van der Waals surface area contributed by atoms with Gasteiger partial charge in [0.2, 0.25) is 0 Å². The summed E-state index contributed by atoms with van der Waals surface area (Å²) < 4.78 is 12.7. The smallest absolute Gasteiger partial charge is 0.0906 e. The summed E-state index contributed by atoms with van der Waals surface area (Å²) >= 11 is 9.33. The average molecular weight is 281 g/mol. The highest BCUT2D eigenvalue weighted by Crippen LogP contribution is 2.20. The minimum absolute atomic E-state index is 0.277. The van der Waals surface area contributed by atoms with Crippen molar-refractivity contribution in [2.75, 3.05) is 13.2 Å². The van der Waals surface area contributed by atoms with Crippen LogP contribution in [0.5, 0.6) is 0 Å². The van der Waals surface area contributed by atoms with E-state index in [9.17, 15) is 4.39 Å². The van der Waals surface area contributed by atoms with E-state index in [2.05, 4.69) is 21.2 Å². The Morgan fingerprint density at radius 3 is 2.86 bits per heavy atom. The second-order valence-corrected chi connectivity index (χ2v) is 4.28. The van der Waals surface area contributed by atoms with E-state index in [1.54, 1.807) is 0 Å². The highest BCUT2D eigenvalue weighted by Gasteiger charge is 1.99. The lowest BCUT2D eigenvalue weighted by Gasteiger charge is -2.05. The molecule has 1 aromatic carbocycles. The van der Waals surface area contributed by atoms with Gasteiger partial charge in [-0.3, -0.25) is 4.39 Å². The van der Waals surface area contributed by atoms with Gasteiger partial charge in [-0.2, -0.15) is 0 Å². The maximum absolute atomic E-state index is 11.8. The zero-order chi connectivity index (χ0) is 10.4. The van der Waals surface area contributed by atoms with Gasteiger partial charge in [-0.15, -0.1) is 0 Å². The van der Waals surface area contributed by atoms with Crippen LogP contribution in [0.3, 0.4) is 0 Å². The molecule has 0 unspecified atom stereocenters. The number of alkyl halides is 1. The van der Waals surface area contributed by atoms with E-state index in [0.29, 0.717) is 19.5 Å². The van der Waals surface area contributed by atoms with Crippen molar-refractivity contribution in [2.45, 2.75) is 13.0 Å². The van der Waals surface area contributed by atoms with Crippen molar-refractivity contribution in [1.29, 1.82) is 0 Å². The van der Waals surface area contributed by atoms with Gasteiger partial charge in [0.15, 0.2) is 0 Å². The summed E-state index contributed by atoms with van der Waals surface area (Å²) in [5.74, 6) is 0. The first-order chi connectivity index (χ1) is 6.74. The van der Waals surface area contributed by atoms with Crippen LogP contribution < -0.4 is 5.32 Å². The summed E-state index contributed by atoms with van der Waals surface area (Å²) in [6, 6.07) is 5.75. The van der Waals surface area contributed by atoms with Crippen LogP contribution in [-0.4, -0.2) is 13.2 Å². The Morgan fingerprint density at radius 2 is 2.21 bits per heavy atom. The second kappa shape index (κ2) is 6.38. The Labute approximate surface area is 96.8 Å². The molecule has 1 aromatic rings. The fraction of sp³-hybridized carbons (Fsp3) is 0.400. The van der Waals surface area contributed by atoms with Crippen LogP contribution in [0, 0.1) is 0 Å². The summed E-state index contributed by atoms with van der Waals surface area (Å²) in [5.41, 5.74) is 1.04. The number of hydrogen-bond acceptors (Lipinski definition) is 1. The maximum atomic E-state index is 11.8. The quantitative estimate of drug-likeness (QED) is 0.813. The molecule has 0 aliphatic rings. The molecule has 0 saturated heterocycles. The Kier molecular flexibility index (Phi) is 5.45. The largest absolute Gasteiger partial charge is 0.313 e. The predicted molar refractivity (Wildman–Crippen MR) is 61.5 cm³/mol. The van der Waals surface area contributed by atoms with Crippen molar-refractivity contribution in [1.82, 2.24) is 5.32 Å². The molecule has 78 valence electrons. The summed E-state index contributed by atoms with van der Waals surface area (Å²) in [7, 11) is 0. The molecule has 1 rings (SSSR count). The molecule has 0 bridgehead atoms. The summed E-state index contributed by atoms with van der Waals surface area (Å²) in [6.45, 7) is 1.09. The van der Waals surface area contributed by atoms with Gasteiger partial charge in [0.25, 0.3) is 0 Å². The Morgan fingerprint density at radius 1 is 1.43 bits per heavy atom. The van der Waals surface area contributed by atoms with Gasteiger partial charge in [-0.05, 0) is 30.7 Å². The molecular weight excluding hydrogens is 268 g/mol. The number of rotatable bonds is 5. The lowest BCUT2D eigenvalue weighted by Crippen LogP contribution is -2.15. The van der Waals surface area contributed by atoms with E-state index in [-0.39, 0.29) is 6.67 Å². The predicted octanol–water partition coefficient (Wildman–Crippen LogP) is 3.55. The Hall–Kier alpha value is -0.120. The number of nitrogens with one attached hydrogen (secondary N) is 1. The van der Waals surface area contributed by atoms with E-state index < -0.39 is 0 Å². The molecule has 4 heteroatoms. The number of halogens is 3. The molecule has 1 N–H and O–H groups in total. The van der Waals surface area contributed by atoms with Gasteiger partial charge in [-0.25, -0.2) is 0 Å². The molecular formula is C10H12BrClFN. The van der Waals surface area contributed by atoms with E-state index in [4.69, 9.17) is 11.6 Å². The van der Waals surface area contributed by atoms with Crippen LogP contribution in [0.4, 0.5) is 4.39 Å². The summed E-state index contributed by atoms with van der Waals surface area (Å²) in [4.78, 5) is 0. The molecule has 0 spiro atoms. The van der Waals surface area contributed by atoms with Crippen LogP contribution in [-0.2, 0) is 6.54 Å². The molecule has 0 saturated carbocycles. The molecule has 0 aliphatic carbocycles. The summed E-state index contributed by atoms with van der Waals surface area (Å²) in [6.07, 6.45) is 0.550. The zero-order valence-electron chi connectivity index (χ0n) is 7.69. The highest BCUT2D eigenvalue weighted by atomic mass is 79.9. The van der Waals surface area contributed by atoms with Crippen molar-refractivity contribution in [3.8, 4) is 0 Å². The fourth-order valence-corrected chi connectivity index (χ4v) is 1.82. The fourth-order valence-electron chi connectivity index (χ4n) is 1.08. The van der Waals surface area contributed by atoms with Crippen LogP contribution in [0.25, 0.3) is 0 Å². The monoisotopic (exact) mass is 279 g/mol. The van der Waals surface area contributed by atoms with Gasteiger partial charge in [0.05, 0.1) is 6.67 Å². The van der Waals surface area contributed by atoms with Crippen molar-refractivity contribution < 1.29 is 4.39 Å². The first-order valence-corrected chi connectivity index (χ1v) is 5.61. The van der Waals surface area contributed by atoms with Gasteiger partial charge in [-0.1, -0.05) is 33.6 Å². The van der Waals surface area contributed by atoms with Crippen LogP contribution in [0.2, 0.25) is 5.02 Å². The van der Waals surface area contributed by atoms with Gasteiger partial charge in [0.1, 0.15) is 0 Å². The zero-order valence-corrected chi connectivity index (χ0v) is 10.0. The second-order valence-electron chi connectivity index (χ2n) is 2.96. The summed E-state index contributed by atoms with van der Waals surface area (Å²) in [5, 5.41) is 3.85. The van der Waals surface area contributed by atoms with E-state index in [1.807, 2.05) is 18.2 Å². The molecule has 1 nitrogen and oxygen atoms in total. The third-order valence-corrected chi connectivity index (χ3v) is 2.66. The topological polar surface area (TPSA) is 12.0 Å². The van der Waals surface area contributed by atoms with Gasteiger partial charge < -0.3 is 5.32 Å². The minimum Gasteiger partial charge on any atom is -0.313 e. The standard InChI is InChI=1S/C10H12BrClFN/c11-9-3-2-8(10(12)6-9)7-14-5-1-4-13/h2-3,6,14H,1,4-5,7H2. The molecule has 0 fully saturated rings. The Balaban J connectivity index is 2.42. The van der Waals surface area contributed by atoms with Crippen molar-refractivity contribution in [2.24, 2.45) is 0 Å². The van der Waals surface area contributed by atoms with Crippen LogP contribution in [0.15, 0.2) is 22.7 Å². The molecule has 0 amide bonds. The lowest BCUT2D eigenvalue weighted by atomic mass is 10.2. The van der Waals surface area contributed by atoms with Crippen molar-refractivity contribution in [3.63, 3.8) is 0 Å².